The molecule has 1 heterocycles. The van der Waals surface area contributed by atoms with Crippen molar-refractivity contribution in [1.29, 1.82) is 0 Å². The summed E-state index contributed by atoms with van der Waals surface area (Å²) < 4.78 is 5.24. The SMILES string of the molecule is C1=C2NCOC2=CCC1.CC. The van der Waals surface area contributed by atoms with E-state index in [0.717, 1.165) is 18.6 Å². The maximum Gasteiger partial charge on any atom is 0.159 e. The van der Waals surface area contributed by atoms with Gasteiger partial charge in [0.15, 0.2) is 6.73 Å². The molecule has 2 nitrogen and oxygen atoms in total. The summed E-state index contributed by atoms with van der Waals surface area (Å²) in [7, 11) is 0. The van der Waals surface area contributed by atoms with Gasteiger partial charge in [-0.2, -0.15) is 0 Å². The molecule has 1 N–H and O–H groups in total. The third-order valence-corrected chi connectivity index (χ3v) is 1.60. The molecular formula is C9H15NO. The average molecular weight is 153 g/mol. The monoisotopic (exact) mass is 153 g/mol. The van der Waals surface area contributed by atoms with Gasteiger partial charge in [0.05, 0.1) is 5.70 Å². The largest absolute Gasteiger partial charge is 0.472 e. The molecule has 1 saturated heterocycles. The van der Waals surface area contributed by atoms with Crippen LogP contribution in [-0.2, 0) is 4.74 Å². The van der Waals surface area contributed by atoms with Gasteiger partial charge in [-0.25, -0.2) is 0 Å². The second-order valence-corrected chi connectivity index (χ2v) is 2.23. The number of fused-ring (bicyclic) bond motifs is 1. The lowest BCUT2D eigenvalue weighted by atomic mass is 10.1. The molecule has 0 amide bonds. The zero-order valence-electron chi connectivity index (χ0n) is 7.18. The van der Waals surface area contributed by atoms with Crippen LogP contribution in [-0.4, -0.2) is 6.73 Å². The smallest absolute Gasteiger partial charge is 0.159 e. The number of ether oxygens (including phenoxy) is 1. The van der Waals surface area contributed by atoms with Gasteiger partial charge in [-0.15, -0.1) is 0 Å². The Balaban J connectivity index is 0.000000281. The lowest BCUT2D eigenvalue weighted by Gasteiger charge is -2.02. The standard InChI is InChI=1S/C7H9NO.C2H6/c1-2-4-7-6(3-1)8-5-9-7;1-2/h3-4,8H,1-2,5H2;1-2H3. The van der Waals surface area contributed by atoms with Crippen LogP contribution in [0.1, 0.15) is 26.7 Å². The topological polar surface area (TPSA) is 21.3 Å². The molecule has 62 valence electrons. The zero-order chi connectivity index (χ0) is 8.10. The van der Waals surface area contributed by atoms with Crippen molar-refractivity contribution in [3.05, 3.63) is 23.6 Å². The summed E-state index contributed by atoms with van der Waals surface area (Å²) in [5.74, 6) is 1.04. The van der Waals surface area contributed by atoms with Crippen molar-refractivity contribution in [2.24, 2.45) is 0 Å². The van der Waals surface area contributed by atoms with E-state index in [1.54, 1.807) is 0 Å². The number of hydrogen-bond donors (Lipinski definition) is 1. The molecule has 0 aromatic heterocycles. The Morgan fingerprint density at radius 3 is 2.73 bits per heavy atom. The summed E-state index contributed by atoms with van der Waals surface area (Å²) >= 11 is 0. The minimum atomic E-state index is 0.650. The first-order valence-electron chi connectivity index (χ1n) is 4.24. The van der Waals surface area contributed by atoms with Crippen LogP contribution < -0.4 is 5.32 Å². The first-order valence-corrected chi connectivity index (χ1v) is 4.24. The average Bonchev–Trinajstić information content (AvgIpc) is 2.55. The molecule has 1 aliphatic carbocycles. The van der Waals surface area contributed by atoms with Gasteiger partial charge in [-0.05, 0) is 18.9 Å². The van der Waals surface area contributed by atoms with E-state index in [0.29, 0.717) is 6.73 Å². The molecule has 11 heavy (non-hydrogen) atoms. The lowest BCUT2D eigenvalue weighted by molar-refractivity contribution is 0.253. The minimum absolute atomic E-state index is 0.650. The predicted octanol–water partition coefficient (Wildman–Crippen LogP) is 2.15. The zero-order valence-corrected chi connectivity index (χ0v) is 7.18. The van der Waals surface area contributed by atoms with E-state index in [4.69, 9.17) is 4.74 Å². The number of allylic oxidation sites excluding steroid dienone is 2. The van der Waals surface area contributed by atoms with Crippen molar-refractivity contribution in [2.45, 2.75) is 26.7 Å². The fraction of sp³-hybridized carbons (Fsp3) is 0.556. The molecule has 1 fully saturated rings. The number of rotatable bonds is 0. The van der Waals surface area contributed by atoms with Crippen LogP contribution in [0.3, 0.4) is 0 Å². The summed E-state index contributed by atoms with van der Waals surface area (Å²) in [6.45, 7) is 4.65. The molecule has 0 spiro atoms. The summed E-state index contributed by atoms with van der Waals surface area (Å²) in [5, 5.41) is 3.13. The first kappa shape index (κ1) is 8.18. The van der Waals surface area contributed by atoms with Gasteiger partial charge in [0, 0.05) is 0 Å². The molecule has 0 radical (unpaired) electrons. The fourth-order valence-corrected chi connectivity index (χ4v) is 1.14. The Morgan fingerprint density at radius 1 is 1.27 bits per heavy atom. The number of hydrogen-bond acceptors (Lipinski definition) is 2. The molecule has 2 heteroatoms. The highest BCUT2D eigenvalue weighted by Crippen LogP contribution is 2.20. The van der Waals surface area contributed by atoms with Crippen LogP contribution in [0.4, 0.5) is 0 Å². The van der Waals surface area contributed by atoms with Crippen LogP contribution in [0.15, 0.2) is 23.6 Å². The maximum atomic E-state index is 5.24. The third kappa shape index (κ3) is 1.76. The van der Waals surface area contributed by atoms with Crippen LogP contribution >= 0.6 is 0 Å². The van der Waals surface area contributed by atoms with Crippen LogP contribution in [0, 0.1) is 0 Å². The first-order chi connectivity index (χ1) is 5.47. The van der Waals surface area contributed by atoms with E-state index in [1.807, 2.05) is 13.8 Å². The lowest BCUT2D eigenvalue weighted by Crippen LogP contribution is -2.04. The van der Waals surface area contributed by atoms with Gasteiger partial charge in [0.25, 0.3) is 0 Å². The van der Waals surface area contributed by atoms with Gasteiger partial charge < -0.3 is 10.1 Å². The molecule has 1 aliphatic heterocycles. The highest BCUT2D eigenvalue weighted by molar-refractivity contribution is 5.29. The Morgan fingerprint density at radius 2 is 2.00 bits per heavy atom. The molecule has 0 atom stereocenters. The quantitative estimate of drug-likeness (QED) is 0.575. The van der Waals surface area contributed by atoms with Crippen LogP contribution in [0.25, 0.3) is 0 Å². The second kappa shape index (κ2) is 4.06. The molecule has 0 aromatic carbocycles. The van der Waals surface area contributed by atoms with Crippen molar-refractivity contribution < 1.29 is 4.74 Å². The van der Waals surface area contributed by atoms with Gasteiger partial charge in [0.2, 0.25) is 0 Å². The molecule has 0 aromatic rings. The van der Waals surface area contributed by atoms with Crippen LogP contribution in [0.5, 0.6) is 0 Å². The van der Waals surface area contributed by atoms with Crippen molar-refractivity contribution in [1.82, 2.24) is 5.32 Å². The summed E-state index contributed by atoms with van der Waals surface area (Å²) in [6, 6.07) is 0. The van der Waals surface area contributed by atoms with E-state index >= 15 is 0 Å². The van der Waals surface area contributed by atoms with Gasteiger partial charge >= 0.3 is 0 Å². The molecule has 2 rings (SSSR count). The Bertz CT molecular complexity index is 162. The summed E-state index contributed by atoms with van der Waals surface area (Å²) in [6.07, 6.45) is 6.59. The Labute approximate surface area is 67.9 Å². The van der Waals surface area contributed by atoms with E-state index in [-0.39, 0.29) is 0 Å². The van der Waals surface area contributed by atoms with E-state index < -0.39 is 0 Å². The molecule has 0 saturated carbocycles. The molecule has 0 bridgehead atoms. The molecule has 0 unspecified atom stereocenters. The van der Waals surface area contributed by atoms with Gasteiger partial charge in [-0.1, -0.05) is 19.9 Å². The van der Waals surface area contributed by atoms with Crippen molar-refractivity contribution in [3.8, 4) is 0 Å². The second-order valence-electron chi connectivity index (χ2n) is 2.23. The third-order valence-electron chi connectivity index (χ3n) is 1.60. The van der Waals surface area contributed by atoms with E-state index in [9.17, 15) is 0 Å². The maximum absolute atomic E-state index is 5.24. The van der Waals surface area contributed by atoms with E-state index in [1.165, 1.54) is 5.70 Å². The Hall–Kier alpha value is -0.920. The van der Waals surface area contributed by atoms with Crippen LogP contribution in [0.2, 0.25) is 0 Å². The molecular weight excluding hydrogens is 138 g/mol. The fourth-order valence-electron chi connectivity index (χ4n) is 1.14. The highest BCUT2D eigenvalue weighted by Gasteiger charge is 2.14. The van der Waals surface area contributed by atoms with Gasteiger partial charge in [-0.3, -0.25) is 0 Å². The Kier molecular flexibility index (Phi) is 3.02. The van der Waals surface area contributed by atoms with Gasteiger partial charge in [0.1, 0.15) is 5.76 Å². The van der Waals surface area contributed by atoms with Crippen molar-refractivity contribution >= 4 is 0 Å². The highest BCUT2D eigenvalue weighted by atomic mass is 16.5. The van der Waals surface area contributed by atoms with Crippen molar-refractivity contribution in [2.75, 3.05) is 6.73 Å². The summed E-state index contributed by atoms with van der Waals surface area (Å²) in [5.41, 5.74) is 1.18. The summed E-state index contributed by atoms with van der Waals surface area (Å²) in [4.78, 5) is 0. The predicted molar refractivity (Wildman–Crippen MR) is 45.8 cm³/mol. The molecule has 2 aliphatic rings. The van der Waals surface area contributed by atoms with E-state index in [2.05, 4.69) is 17.5 Å². The normalized spacial score (nSPS) is 19.5. The minimum Gasteiger partial charge on any atom is -0.472 e. The number of nitrogens with one attached hydrogen (secondary N) is 1. The van der Waals surface area contributed by atoms with Crippen molar-refractivity contribution in [3.63, 3.8) is 0 Å².